The Kier molecular flexibility index (Phi) is 6.10. The van der Waals surface area contributed by atoms with E-state index in [1.165, 1.54) is 12.8 Å². The van der Waals surface area contributed by atoms with Gasteiger partial charge in [-0.25, -0.2) is 4.98 Å². The molecule has 0 unspecified atom stereocenters. The zero-order valence-corrected chi connectivity index (χ0v) is 16.5. The molecule has 0 radical (unpaired) electrons. The van der Waals surface area contributed by atoms with Crippen LogP contribution in [0.2, 0.25) is 0 Å². The SMILES string of the molecule is Cc1cnc(CN2CCC(N3CCC[C@@H](C(=O)N4CCOCC4)C3)CC2)[nH]1. The summed E-state index contributed by atoms with van der Waals surface area (Å²) in [7, 11) is 0. The van der Waals surface area contributed by atoms with Crippen LogP contribution < -0.4 is 0 Å². The summed E-state index contributed by atoms with van der Waals surface area (Å²) in [5, 5.41) is 0. The standard InChI is InChI=1S/C20H33N5O2/c1-16-13-21-19(22-16)15-23-7-4-18(5-8-23)25-6-2-3-17(14-25)20(26)24-9-11-27-12-10-24/h13,17-18H,2-12,14-15H2,1H3,(H,21,22)/t17-/m1/s1. The number of likely N-dealkylation sites (tertiary alicyclic amines) is 2. The predicted octanol–water partition coefficient (Wildman–Crippen LogP) is 1.25. The summed E-state index contributed by atoms with van der Waals surface area (Å²) in [5.74, 6) is 1.61. The molecule has 1 atom stereocenters. The molecule has 0 saturated carbocycles. The molecule has 3 aliphatic rings. The van der Waals surface area contributed by atoms with Crippen molar-refractivity contribution in [2.45, 2.75) is 45.2 Å². The number of nitrogens with zero attached hydrogens (tertiary/aromatic N) is 4. The number of H-pyrrole nitrogens is 1. The Hall–Kier alpha value is -1.44. The number of nitrogens with one attached hydrogen (secondary N) is 1. The lowest BCUT2D eigenvalue weighted by atomic mass is 9.92. The van der Waals surface area contributed by atoms with Crippen LogP contribution in [0, 0.1) is 12.8 Å². The highest BCUT2D eigenvalue weighted by Crippen LogP contribution is 2.25. The van der Waals surface area contributed by atoms with Crippen molar-refractivity contribution >= 4 is 5.91 Å². The average molecular weight is 376 g/mol. The van der Waals surface area contributed by atoms with Crippen molar-refractivity contribution in [3.63, 3.8) is 0 Å². The maximum atomic E-state index is 12.9. The molecule has 3 fully saturated rings. The van der Waals surface area contributed by atoms with Crippen molar-refractivity contribution in [2.24, 2.45) is 5.92 Å². The van der Waals surface area contributed by atoms with E-state index >= 15 is 0 Å². The molecule has 7 nitrogen and oxygen atoms in total. The van der Waals surface area contributed by atoms with Crippen LogP contribution in [0.15, 0.2) is 6.20 Å². The van der Waals surface area contributed by atoms with Crippen LogP contribution in [0.25, 0.3) is 0 Å². The highest BCUT2D eigenvalue weighted by molar-refractivity contribution is 5.79. The number of ether oxygens (including phenoxy) is 1. The predicted molar refractivity (Wildman–Crippen MR) is 103 cm³/mol. The topological polar surface area (TPSA) is 64.7 Å². The number of hydrogen-bond acceptors (Lipinski definition) is 5. The van der Waals surface area contributed by atoms with Gasteiger partial charge >= 0.3 is 0 Å². The number of rotatable bonds is 4. The molecule has 0 aromatic carbocycles. The largest absolute Gasteiger partial charge is 0.378 e. The first-order chi connectivity index (χ1) is 13.2. The molecule has 7 heteroatoms. The Morgan fingerprint density at radius 3 is 2.67 bits per heavy atom. The van der Waals surface area contributed by atoms with Gasteiger partial charge in [0.15, 0.2) is 0 Å². The Labute approximate surface area is 162 Å². The number of piperidine rings is 2. The van der Waals surface area contributed by atoms with Crippen LogP contribution in [0.3, 0.4) is 0 Å². The molecular formula is C20H33N5O2. The van der Waals surface area contributed by atoms with Gasteiger partial charge in [0, 0.05) is 50.7 Å². The number of carbonyl (C=O) groups excluding carboxylic acids is 1. The van der Waals surface area contributed by atoms with Crippen molar-refractivity contribution in [1.29, 1.82) is 0 Å². The summed E-state index contributed by atoms with van der Waals surface area (Å²) in [5.41, 5.74) is 1.13. The van der Waals surface area contributed by atoms with Gasteiger partial charge in [-0.2, -0.15) is 0 Å². The van der Waals surface area contributed by atoms with Crippen molar-refractivity contribution in [3.8, 4) is 0 Å². The summed E-state index contributed by atoms with van der Waals surface area (Å²) < 4.78 is 5.39. The van der Waals surface area contributed by atoms with Gasteiger partial charge in [0.2, 0.25) is 5.91 Å². The average Bonchev–Trinajstić information content (AvgIpc) is 3.13. The molecule has 1 amide bonds. The van der Waals surface area contributed by atoms with E-state index in [9.17, 15) is 4.79 Å². The second-order valence-electron chi connectivity index (χ2n) is 8.29. The van der Waals surface area contributed by atoms with Crippen molar-refractivity contribution in [2.75, 3.05) is 52.5 Å². The summed E-state index contributed by atoms with van der Waals surface area (Å²) >= 11 is 0. The van der Waals surface area contributed by atoms with E-state index in [1.54, 1.807) is 0 Å². The molecule has 0 aliphatic carbocycles. The van der Waals surface area contributed by atoms with Gasteiger partial charge in [-0.05, 0) is 39.2 Å². The third kappa shape index (κ3) is 4.70. The molecule has 4 heterocycles. The molecule has 4 rings (SSSR count). The van der Waals surface area contributed by atoms with Crippen LogP contribution in [0.5, 0.6) is 0 Å². The smallest absolute Gasteiger partial charge is 0.227 e. The first-order valence-corrected chi connectivity index (χ1v) is 10.5. The van der Waals surface area contributed by atoms with Gasteiger partial charge in [0.25, 0.3) is 0 Å². The lowest BCUT2D eigenvalue weighted by molar-refractivity contribution is -0.142. The van der Waals surface area contributed by atoms with Crippen molar-refractivity contribution in [3.05, 3.63) is 17.7 Å². The van der Waals surface area contributed by atoms with Crippen molar-refractivity contribution < 1.29 is 9.53 Å². The minimum absolute atomic E-state index is 0.181. The zero-order chi connectivity index (χ0) is 18.6. The lowest BCUT2D eigenvalue weighted by Gasteiger charge is -2.43. The molecule has 0 bridgehead atoms. The number of aromatic nitrogens is 2. The Morgan fingerprint density at radius 1 is 1.19 bits per heavy atom. The van der Waals surface area contributed by atoms with Gasteiger partial charge in [-0.15, -0.1) is 0 Å². The fraction of sp³-hybridized carbons (Fsp3) is 0.800. The van der Waals surface area contributed by atoms with E-state index in [0.29, 0.717) is 25.2 Å². The third-order valence-corrected chi connectivity index (χ3v) is 6.33. The minimum atomic E-state index is 0.181. The molecule has 1 aromatic heterocycles. The van der Waals surface area contributed by atoms with Crippen LogP contribution in [-0.2, 0) is 16.1 Å². The van der Waals surface area contributed by atoms with E-state index in [4.69, 9.17) is 4.74 Å². The monoisotopic (exact) mass is 375 g/mol. The van der Waals surface area contributed by atoms with E-state index in [-0.39, 0.29) is 5.92 Å². The van der Waals surface area contributed by atoms with E-state index in [2.05, 4.69) is 19.8 Å². The second kappa shape index (κ2) is 8.71. The summed E-state index contributed by atoms with van der Waals surface area (Å²) in [4.78, 5) is 27.7. The maximum Gasteiger partial charge on any atom is 0.227 e. The quantitative estimate of drug-likeness (QED) is 0.858. The molecule has 3 saturated heterocycles. The summed E-state index contributed by atoms with van der Waals surface area (Å²) in [6.07, 6.45) is 6.48. The Balaban J connectivity index is 1.26. The van der Waals surface area contributed by atoms with Crippen molar-refractivity contribution in [1.82, 2.24) is 24.7 Å². The summed E-state index contributed by atoms with van der Waals surface area (Å²) in [6.45, 7) is 10.2. The van der Waals surface area contributed by atoms with Gasteiger partial charge < -0.3 is 14.6 Å². The number of hydrogen-bond donors (Lipinski definition) is 1. The van der Waals surface area contributed by atoms with Crippen LogP contribution in [-0.4, -0.2) is 89.1 Å². The fourth-order valence-corrected chi connectivity index (χ4v) is 4.78. The van der Waals surface area contributed by atoms with Gasteiger partial charge in [-0.3, -0.25) is 14.6 Å². The van der Waals surface area contributed by atoms with E-state index < -0.39 is 0 Å². The number of aromatic amines is 1. The summed E-state index contributed by atoms with van der Waals surface area (Å²) in [6, 6.07) is 0.625. The number of amides is 1. The highest BCUT2D eigenvalue weighted by atomic mass is 16.5. The molecular weight excluding hydrogens is 342 g/mol. The molecule has 150 valence electrons. The number of carbonyl (C=O) groups is 1. The molecule has 1 aromatic rings. The first-order valence-electron chi connectivity index (χ1n) is 10.5. The van der Waals surface area contributed by atoms with Crippen LogP contribution in [0.4, 0.5) is 0 Å². The number of aryl methyl sites for hydroxylation is 1. The second-order valence-corrected chi connectivity index (χ2v) is 8.29. The molecule has 3 aliphatic heterocycles. The van der Waals surface area contributed by atoms with E-state index in [0.717, 1.165) is 70.2 Å². The lowest BCUT2D eigenvalue weighted by Crippen LogP contribution is -2.52. The number of imidazole rings is 1. The van der Waals surface area contributed by atoms with Gasteiger partial charge in [-0.1, -0.05) is 0 Å². The maximum absolute atomic E-state index is 12.9. The van der Waals surface area contributed by atoms with Crippen LogP contribution in [0.1, 0.15) is 37.2 Å². The Bertz CT molecular complexity index is 620. The molecule has 1 N–H and O–H groups in total. The third-order valence-electron chi connectivity index (χ3n) is 6.33. The van der Waals surface area contributed by atoms with E-state index in [1.807, 2.05) is 18.0 Å². The zero-order valence-electron chi connectivity index (χ0n) is 16.5. The Morgan fingerprint density at radius 2 is 1.96 bits per heavy atom. The first kappa shape index (κ1) is 18.9. The van der Waals surface area contributed by atoms with Gasteiger partial charge in [0.05, 0.1) is 25.7 Å². The highest BCUT2D eigenvalue weighted by Gasteiger charge is 2.33. The molecule has 27 heavy (non-hydrogen) atoms. The number of morpholine rings is 1. The molecule has 0 spiro atoms. The fourth-order valence-electron chi connectivity index (χ4n) is 4.78. The normalized spacial score (nSPS) is 26.4. The van der Waals surface area contributed by atoms with Crippen LogP contribution >= 0.6 is 0 Å². The minimum Gasteiger partial charge on any atom is -0.378 e. The van der Waals surface area contributed by atoms with Gasteiger partial charge in [0.1, 0.15) is 5.82 Å².